The van der Waals surface area contributed by atoms with E-state index in [1.807, 2.05) is 0 Å². The molecule has 0 bridgehead atoms. The van der Waals surface area contributed by atoms with Gasteiger partial charge in [0.1, 0.15) is 0 Å². The maximum atomic E-state index is 9.38. The van der Waals surface area contributed by atoms with Crippen molar-refractivity contribution < 1.29 is 10.2 Å². The second-order valence-electron chi connectivity index (χ2n) is 4.80. The molecule has 15 heavy (non-hydrogen) atoms. The standard InChI is InChI=1S/C11H22N2O2/c14-10-8-13(9-11(10)15)7-3-6-12-4-1-2-5-12/h10-11,14-15H,1-9H2/t10-,11+. The van der Waals surface area contributed by atoms with Crippen molar-refractivity contribution >= 4 is 0 Å². The van der Waals surface area contributed by atoms with Gasteiger partial charge in [0.05, 0.1) is 12.2 Å². The molecule has 0 aromatic heterocycles. The number of aliphatic hydroxyl groups excluding tert-OH is 2. The lowest BCUT2D eigenvalue weighted by molar-refractivity contribution is 0.0572. The molecule has 0 unspecified atom stereocenters. The van der Waals surface area contributed by atoms with E-state index in [9.17, 15) is 10.2 Å². The number of hydrogen-bond donors (Lipinski definition) is 2. The summed E-state index contributed by atoms with van der Waals surface area (Å²) in [5.74, 6) is 0. The van der Waals surface area contributed by atoms with Gasteiger partial charge < -0.3 is 15.1 Å². The molecule has 0 aliphatic carbocycles. The molecular formula is C11H22N2O2. The van der Waals surface area contributed by atoms with Crippen LogP contribution in [0, 0.1) is 0 Å². The van der Waals surface area contributed by atoms with E-state index in [0.717, 1.165) is 13.0 Å². The van der Waals surface area contributed by atoms with Crippen molar-refractivity contribution in [3.63, 3.8) is 0 Å². The first-order chi connectivity index (χ1) is 7.25. The Balaban J connectivity index is 1.58. The average Bonchev–Trinajstić information content (AvgIpc) is 2.79. The average molecular weight is 214 g/mol. The minimum atomic E-state index is -0.531. The smallest absolute Gasteiger partial charge is 0.0938 e. The first-order valence-corrected chi connectivity index (χ1v) is 6.06. The molecular weight excluding hydrogens is 192 g/mol. The topological polar surface area (TPSA) is 46.9 Å². The molecule has 4 nitrogen and oxygen atoms in total. The van der Waals surface area contributed by atoms with Crippen molar-refractivity contribution in [3.05, 3.63) is 0 Å². The van der Waals surface area contributed by atoms with Gasteiger partial charge in [0.25, 0.3) is 0 Å². The third kappa shape index (κ3) is 3.14. The summed E-state index contributed by atoms with van der Waals surface area (Å²) in [6.07, 6.45) is 2.79. The largest absolute Gasteiger partial charge is 0.389 e. The van der Waals surface area contributed by atoms with Gasteiger partial charge in [0.15, 0.2) is 0 Å². The fourth-order valence-electron chi connectivity index (χ4n) is 2.55. The van der Waals surface area contributed by atoms with Crippen LogP contribution in [0.3, 0.4) is 0 Å². The number of aliphatic hydroxyl groups is 2. The lowest BCUT2D eigenvalue weighted by Crippen LogP contribution is -2.28. The van der Waals surface area contributed by atoms with E-state index in [4.69, 9.17) is 0 Å². The maximum Gasteiger partial charge on any atom is 0.0938 e. The molecule has 2 aliphatic rings. The van der Waals surface area contributed by atoms with Gasteiger partial charge in [-0.25, -0.2) is 0 Å². The molecule has 0 saturated carbocycles. The normalized spacial score (nSPS) is 34.0. The van der Waals surface area contributed by atoms with Gasteiger partial charge in [0.2, 0.25) is 0 Å². The zero-order valence-electron chi connectivity index (χ0n) is 9.31. The van der Waals surface area contributed by atoms with Gasteiger partial charge in [-0.05, 0) is 45.4 Å². The van der Waals surface area contributed by atoms with Crippen molar-refractivity contribution in [1.82, 2.24) is 9.80 Å². The van der Waals surface area contributed by atoms with Gasteiger partial charge >= 0.3 is 0 Å². The monoisotopic (exact) mass is 214 g/mol. The second-order valence-corrected chi connectivity index (χ2v) is 4.80. The number of nitrogens with zero attached hydrogens (tertiary/aromatic N) is 2. The SMILES string of the molecule is O[C@@H]1CN(CCCN2CCCC2)C[C@@H]1O. The highest BCUT2D eigenvalue weighted by Crippen LogP contribution is 2.11. The van der Waals surface area contributed by atoms with Crippen molar-refractivity contribution in [2.24, 2.45) is 0 Å². The van der Waals surface area contributed by atoms with E-state index >= 15 is 0 Å². The summed E-state index contributed by atoms with van der Waals surface area (Å²) >= 11 is 0. The molecule has 2 saturated heterocycles. The van der Waals surface area contributed by atoms with E-state index in [1.165, 1.54) is 32.5 Å². The van der Waals surface area contributed by atoms with Gasteiger partial charge in [-0.1, -0.05) is 0 Å². The predicted octanol–water partition coefficient (Wildman–Crippen LogP) is -0.490. The van der Waals surface area contributed by atoms with Crippen molar-refractivity contribution in [3.8, 4) is 0 Å². The lowest BCUT2D eigenvalue weighted by atomic mass is 10.3. The Morgan fingerprint density at radius 2 is 1.40 bits per heavy atom. The van der Waals surface area contributed by atoms with Crippen LogP contribution in [0.4, 0.5) is 0 Å². The predicted molar refractivity (Wildman–Crippen MR) is 58.7 cm³/mol. The Labute approximate surface area is 91.5 Å². The molecule has 2 heterocycles. The number of rotatable bonds is 4. The first-order valence-electron chi connectivity index (χ1n) is 6.06. The van der Waals surface area contributed by atoms with Gasteiger partial charge in [-0.15, -0.1) is 0 Å². The summed E-state index contributed by atoms with van der Waals surface area (Å²) in [6, 6.07) is 0. The molecule has 0 amide bonds. The van der Waals surface area contributed by atoms with Crippen molar-refractivity contribution in [2.45, 2.75) is 31.5 Å². The van der Waals surface area contributed by atoms with E-state index < -0.39 is 12.2 Å². The fraction of sp³-hybridized carbons (Fsp3) is 1.00. The van der Waals surface area contributed by atoms with Gasteiger partial charge in [0, 0.05) is 13.1 Å². The number of β-amino-alcohol motifs (C(OH)–C–C–N with tert-alkyl or cyclic N) is 2. The van der Waals surface area contributed by atoms with Gasteiger partial charge in [-0.2, -0.15) is 0 Å². The van der Waals surface area contributed by atoms with Crippen LogP contribution in [0.25, 0.3) is 0 Å². The summed E-state index contributed by atoms with van der Waals surface area (Å²) in [5.41, 5.74) is 0. The number of likely N-dealkylation sites (tertiary alicyclic amines) is 2. The Kier molecular flexibility index (Phi) is 3.97. The molecule has 2 fully saturated rings. The Bertz CT molecular complexity index is 185. The summed E-state index contributed by atoms with van der Waals surface area (Å²) < 4.78 is 0. The maximum absolute atomic E-state index is 9.38. The van der Waals surface area contributed by atoms with Crippen LogP contribution in [-0.4, -0.2) is 71.5 Å². The van der Waals surface area contributed by atoms with Crippen LogP contribution in [0.15, 0.2) is 0 Å². The van der Waals surface area contributed by atoms with Crippen LogP contribution in [-0.2, 0) is 0 Å². The molecule has 0 spiro atoms. The quantitative estimate of drug-likeness (QED) is 0.663. The molecule has 2 aliphatic heterocycles. The van der Waals surface area contributed by atoms with Gasteiger partial charge in [-0.3, -0.25) is 4.90 Å². The molecule has 2 N–H and O–H groups in total. The van der Waals surface area contributed by atoms with E-state index in [2.05, 4.69) is 9.80 Å². The Morgan fingerprint density at radius 1 is 0.867 bits per heavy atom. The fourth-order valence-corrected chi connectivity index (χ4v) is 2.55. The summed E-state index contributed by atoms with van der Waals surface area (Å²) in [7, 11) is 0. The zero-order valence-corrected chi connectivity index (χ0v) is 9.31. The third-order valence-electron chi connectivity index (χ3n) is 3.48. The summed E-state index contributed by atoms with van der Waals surface area (Å²) in [5, 5.41) is 18.8. The molecule has 0 aromatic rings. The molecule has 2 atom stereocenters. The Morgan fingerprint density at radius 3 is 2.00 bits per heavy atom. The summed E-state index contributed by atoms with van der Waals surface area (Å²) in [6.45, 7) is 5.96. The minimum Gasteiger partial charge on any atom is -0.389 e. The Hall–Kier alpha value is -0.160. The van der Waals surface area contributed by atoms with Crippen LogP contribution < -0.4 is 0 Å². The molecule has 0 radical (unpaired) electrons. The van der Waals surface area contributed by atoms with Crippen LogP contribution in [0.2, 0.25) is 0 Å². The second kappa shape index (κ2) is 5.25. The van der Waals surface area contributed by atoms with Crippen LogP contribution in [0.5, 0.6) is 0 Å². The molecule has 88 valence electrons. The minimum absolute atomic E-state index is 0.531. The number of hydrogen-bond acceptors (Lipinski definition) is 4. The highest BCUT2D eigenvalue weighted by Gasteiger charge is 2.28. The first kappa shape index (κ1) is 11.3. The summed E-state index contributed by atoms with van der Waals surface area (Å²) in [4.78, 5) is 4.66. The molecule has 0 aromatic carbocycles. The van der Waals surface area contributed by atoms with E-state index in [-0.39, 0.29) is 0 Å². The van der Waals surface area contributed by atoms with E-state index in [1.54, 1.807) is 0 Å². The zero-order chi connectivity index (χ0) is 10.7. The highest BCUT2D eigenvalue weighted by molar-refractivity contribution is 4.83. The third-order valence-corrected chi connectivity index (χ3v) is 3.48. The van der Waals surface area contributed by atoms with Crippen molar-refractivity contribution in [2.75, 3.05) is 39.3 Å². The van der Waals surface area contributed by atoms with E-state index in [0.29, 0.717) is 13.1 Å². The highest BCUT2D eigenvalue weighted by atomic mass is 16.3. The van der Waals surface area contributed by atoms with Crippen molar-refractivity contribution in [1.29, 1.82) is 0 Å². The van der Waals surface area contributed by atoms with Crippen LogP contribution >= 0.6 is 0 Å². The lowest BCUT2D eigenvalue weighted by Gasteiger charge is -2.18. The molecule has 2 rings (SSSR count). The molecule has 4 heteroatoms. The van der Waals surface area contributed by atoms with Crippen LogP contribution in [0.1, 0.15) is 19.3 Å².